The Morgan fingerprint density at radius 2 is 1.73 bits per heavy atom. The highest BCUT2D eigenvalue weighted by Crippen LogP contribution is 2.22. The predicted molar refractivity (Wildman–Crippen MR) is 113 cm³/mol. The minimum atomic E-state index is 0.144. The molecule has 2 aromatic carbocycles. The Bertz CT molecular complexity index is 1120. The first-order chi connectivity index (χ1) is 14.7. The smallest absolute Gasteiger partial charge is 0.226 e. The predicted octanol–water partition coefficient (Wildman–Crippen LogP) is 4.67. The Morgan fingerprint density at radius 1 is 1.00 bits per heavy atom. The van der Waals surface area contributed by atoms with Crippen molar-refractivity contribution in [2.24, 2.45) is 10.9 Å². The van der Waals surface area contributed by atoms with Crippen molar-refractivity contribution < 1.29 is 14.0 Å². The second kappa shape index (κ2) is 8.91. The van der Waals surface area contributed by atoms with Gasteiger partial charge in [0.25, 0.3) is 0 Å². The van der Waals surface area contributed by atoms with Crippen LogP contribution in [0, 0.1) is 6.92 Å². The van der Waals surface area contributed by atoms with Gasteiger partial charge in [-0.2, -0.15) is 0 Å². The van der Waals surface area contributed by atoms with E-state index in [2.05, 4.69) is 15.1 Å². The molecule has 0 radical (unpaired) electrons. The summed E-state index contributed by atoms with van der Waals surface area (Å²) < 4.78 is 11.4. The number of oxazole rings is 1. The van der Waals surface area contributed by atoms with E-state index < -0.39 is 0 Å². The summed E-state index contributed by atoms with van der Waals surface area (Å²) in [5.74, 6) is 2.60. The summed E-state index contributed by atoms with van der Waals surface area (Å²) in [5.41, 5.74) is 8.18. The highest BCUT2D eigenvalue weighted by Gasteiger charge is 2.12. The lowest BCUT2D eigenvalue weighted by Gasteiger charge is -2.05. The van der Waals surface area contributed by atoms with Crippen LogP contribution in [0.5, 0.6) is 11.6 Å². The summed E-state index contributed by atoms with van der Waals surface area (Å²) in [6.07, 6.45) is 1.58. The number of hydrogen-bond acceptors (Lipinski definition) is 6. The van der Waals surface area contributed by atoms with Crippen LogP contribution in [-0.4, -0.2) is 15.8 Å². The molecule has 0 bridgehead atoms. The van der Waals surface area contributed by atoms with Crippen molar-refractivity contribution in [3.8, 4) is 23.1 Å². The fourth-order valence-corrected chi connectivity index (χ4v) is 2.68. The first kappa shape index (κ1) is 19.2. The van der Waals surface area contributed by atoms with E-state index >= 15 is 0 Å². The quantitative estimate of drug-likeness (QED) is 0.275. The van der Waals surface area contributed by atoms with Gasteiger partial charge >= 0.3 is 0 Å². The van der Waals surface area contributed by atoms with Crippen LogP contribution in [-0.2, 0) is 11.4 Å². The van der Waals surface area contributed by atoms with E-state index in [0.717, 1.165) is 5.56 Å². The van der Waals surface area contributed by atoms with E-state index in [4.69, 9.17) is 19.7 Å². The molecule has 0 spiro atoms. The molecular weight excluding hydrogens is 380 g/mol. The van der Waals surface area contributed by atoms with Gasteiger partial charge in [0.15, 0.2) is 12.4 Å². The number of nitrogens with two attached hydrogens (primary N) is 1. The van der Waals surface area contributed by atoms with Crippen molar-refractivity contribution in [1.29, 1.82) is 0 Å². The summed E-state index contributed by atoms with van der Waals surface area (Å²) in [5, 5.41) is 3.96. The van der Waals surface area contributed by atoms with Gasteiger partial charge in [-0.05, 0) is 37.3 Å². The fourth-order valence-electron chi connectivity index (χ4n) is 2.68. The number of benzene rings is 2. The summed E-state index contributed by atoms with van der Waals surface area (Å²) in [6, 6.07) is 22.6. The molecule has 2 aromatic heterocycles. The van der Waals surface area contributed by atoms with Crippen LogP contribution < -0.4 is 10.5 Å². The van der Waals surface area contributed by atoms with Gasteiger partial charge in [0.2, 0.25) is 11.8 Å². The molecule has 0 amide bonds. The van der Waals surface area contributed by atoms with Crippen LogP contribution in [0.2, 0.25) is 0 Å². The highest BCUT2D eigenvalue weighted by atomic mass is 16.6. The van der Waals surface area contributed by atoms with Crippen molar-refractivity contribution in [2.45, 2.75) is 13.5 Å². The van der Waals surface area contributed by atoms with Gasteiger partial charge in [-0.1, -0.05) is 41.6 Å². The maximum Gasteiger partial charge on any atom is 0.226 e. The minimum absolute atomic E-state index is 0.144. The average molecular weight is 400 g/mol. The van der Waals surface area contributed by atoms with E-state index in [1.54, 1.807) is 18.3 Å². The Morgan fingerprint density at radius 3 is 2.43 bits per heavy atom. The van der Waals surface area contributed by atoms with Crippen LogP contribution >= 0.6 is 0 Å². The zero-order valence-electron chi connectivity index (χ0n) is 16.4. The number of rotatable bonds is 7. The van der Waals surface area contributed by atoms with Gasteiger partial charge in [0.05, 0.1) is 0 Å². The molecule has 7 heteroatoms. The van der Waals surface area contributed by atoms with Crippen LogP contribution in [0.1, 0.15) is 17.0 Å². The molecule has 0 atom stereocenters. The average Bonchev–Trinajstić information content (AvgIpc) is 3.16. The summed E-state index contributed by atoms with van der Waals surface area (Å²) >= 11 is 0. The maximum absolute atomic E-state index is 6.00. The molecule has 2 heterocycles. The second-order valence-corrected chi connectivity index (χ2v) is 6.44. The standard InChI is InChI=1S/C23H20N4O3/c1-16-20(26-23(29-16)17-8-4-2-5-9-17)15-28-27-22(24)18-12-13-21(25-14-18)30-19-10-6-3-7-11-19/h2-14H,15H2,1H3,(H2,24,27). The van der Waals surface area contributed by atoms with Crippen LogP contribution in [0.15, 0.2) is 88.6 Å². The summed E-state index contributed by atoms with van der Waals surface area (Å²) in [6.45, 7) is 1.98. The van der Waals surface area contributed by atoms with E-state index in [1.807, 2.05) is 67.6 Å². The first-order valence-corrected chi connectivity index (χ1v) is 9.35. The van der Waals surface area contributed by atoms with Crippen molar-refractivity contribution in [1.82, 2.24) is 9.97 Å². The van der Waals surface area contributed by atoms with Crippen molar-refractivity contribution in [3.05, 3.63) is 96.0 Å². The van der Waals surface area contributed by atoms with Gasteiger partial charge in [0.1, 0.15) is 17.2 Å². The van der Waals surface area contributed by atoms with Crippen LogP contribution in [0.25, 0.3) is 11.5 Å². The molecule has 0 unspecified atom stereocenters. The number of hydrogen-bond donors (Lipinski definition) is 1. The monoisotopic (exact) mass is 400 g/mol. The maximum atomic E-state index is 6.00. The normalized spacial score (nSPS) is 11.3. The molecule has 0 aliphatic carbocycles. The molecular formula is C23H20N4O3. The number of pyridine rings is 1. The molecule has 0 saturated carbocycles. The molecule has 0 saturated heterocycles. The van der Waals surface area contributed by atoms with Crippen molar-refractivity contribution in [2.75, 3.05) is 0 Å². The molecule has 4 aromatic rings. The van der Waals surface area contributed by atoms with E-state index in [1.165, 1.54) is 0 Å². The zero-order valence-corrected chi connectivity index (χ0v) is 16.4. The zero-order chi connectivity index (χ0) is 20.8. The van der Waals surface area contributed by atoms with Gasteiger partial charge < -0.3 is 19.7 Å². The second-order valence-electron chi connectivity index (χ2n) is 6.44. The largest absolute Gasteiger partial charge is 0.441 e. The number of nitrogens with zero attached hydrogens (tertiary/aromatic N) is 3. The minimum Gasteiger partial charge on any atom is -0.441 e. The Hall–Kier alpha value is -4.13. The number of oxime groups is 1. The van der Waals surface area contributed by atoms with Crippen molar-refractivity contribution >= 4 is 5.84 Å². The van der Waals surface area contributed by atoms with E-state index in [9.17, 15) is 0 Å². The molecule has 0 fully saturated rings. The number of aryl methyl sites for hydroxylation is 1. The Kier molecular flexibility index (Phi) is 5.70. The topological polar surface area (TPSA) is 95.8 Å². The van der Waals surface area contributed by atoms with Crippen LogP contribution in [0.4, 0.5) is 0 Å². The first-order valence-electron chi connectivity index (χ1n) is 9.35. The lowest BCUT2D eigenvalue weighted by molar-refractivity contribution is 0.127. The van der Waals surface area contributed by atoms with Gasteiger partial charge in [-0.15, -0.1) is 0 Å². The lowest BCUT2D eigenvalue weighted by atomic mass is 10.2. The SMILES string of the molecule is Cc1oc(-c2ccccc2)nc1CO/N=C(/N)c1ccc(Oc2ccccc2)nc1. The molecule has 7 nitrogen and oxygen atoms in total. The lowest BCUT2D eigenvalue weighted by Crippen LogP contribution is -2.14. The molecule has 0 aliphatic rings. The van der Waals surface area contributed by atoms with Crippen LogP contribution in [0.3, 0.4) is 0 Å². The third kappa shape index (κ3) is 4.64. The molecule has 150 valence electrons. The van der Waals surface area contributed by atoms with Gasteiger partial charge in [0, 0.05) is 23.4 Å². The van der Waals surface area contributed by atoms with Gasteiger partial charge in [-0.25, -0.2) is 9.97 Å². The number of amidine groups is 1. The van der Waals surface area contributed by atoms with Gasteiger partial charge in [-0.3, -0.25) is 0 Å². The summed E-state index contributed by atoms with van der Waals surface area (Å²) in [7, 11) is 0. The fraction of sp³-hybridized carbons (Fsp3) is 0.0870. The number of aromatic nitrogens is 2. The molecule has 0 aliphatic heterocycles. The third-order valence-corrected chi connectivity index (χ3v) is 4.28. The Labute approximate surface area is 173 Å². The van der Waals surface area contributed by atoms with E-state index in [-0.39, 0.29) is 12.4 Å². The molecule has 4 rings (SSSR count). The summed E-state index contributed by atoms with van der Waals surface area (Å²) in [4.78, 5) is 14.1. The number of ether oxygens (including phenoxy) is 1. The van der Waals surface area contributed by atoms with E-state index in [0.29, 0.717) is 34.5 Å². The molecule has 2 N–H and O–H groups in total. The highest BCUT2D eigenvalue weighted by molar-refractivity contribution is 5.96. The van der Waals surface area contributed by atoms with Crippen molar-refractivity contribution in [3.63, 3.8) is 0 Å². The molecule has 30 heavy (non-hydrogen) atoms. The number of para-hydroxylation sites is 1. The third-order valence-electron chi connectivity index (χ3n) is 4.28. The Balaban J connectivity index is 1.37.